The Balaban J connectivity index is 0.00000200. The Kier molecular flexibility index (Phi) is 7.41. The smallest absolute Gasteiger partial charge is 0.251 e. The second-order valence-electron chi connectivity index (χ2n) is 4.88. The van der Waals surface area contributed by atoms with Crippen LogP contribution < -0.4 is 15.4 Å². The molecule has 5 heteroatoms. The maximum Gasteiger partial charge on any atom is 0.251 e. The number of carbonyl (C=O) groups excluding carboxylic acids is 1. The minimum absolute atomic E-state index is 0. The van der Waals surface area contributed by atoms with Crippen LogP contribution in [0.1, 0.15) is 30.1 Å². The van der Waals surface area contributed by atoms with E-state index in [4.69, 9.17) is 4.74 Å². The van der Waals surface area contributed by atoms with Gasteiger partial charge in [0, 0.05) is 12.1 Å². The van der Waals surface area contributed by atoms with Gasteiger partial charge in [0.1, 0.15) is 5.75 Å². The molecule has 20 heavy (non-hydrogen) atoms. The van der Waals surface area contributed by atoms with Gasteiger partial charge in [-0.2, -0.15) is 0 Å². The molecule has 4 nitrogen and oxygen atoms in total. The monoisotopic (exact) mass is 298 g/mol. The number of hydrogen-bond donors (Lipinski definition) is 2. The summed E-state index contributed by atoms with van der Waals surface area (Å²) < 4.78 is 5.36. The molecule has 0 aromatic heterocycles. The second kappa shape index (κ2) is 8.82. The van der Waals surface area contributed by atoms with Crippen LogP contribution in [0.25, 0.3) is 0 Å². The van der Waals surface area contributed by atoms with Crippen LogP contribution in [0.2, 0.25) is 0 Å². The molecule has 2 rings (SSSR count). The van der Waals surface area contributed by atoms with Gasteiger partial charge in [-0.1, -0.05) is 0 Å². The Bertz CT molecular complexity index is 403. The Morgan fingerprint density at radius 2 is 2.15 bits per heavy atom. The highest BCUT2D eigenvalue weighted by atomic mass is 35.5. The molecule has 1 aromatic rings. The van der Waals surface area contributed by atoms with Crippen molar-refractivity contribution in [3.8, 4) is 5.75 Å². The van der Waals surface area contributed by atoms with Crippen molar-refractivity contribution >= 4 is 18.3 Å². The fourth-order valence-electron chi connectivity index (χ4n) is 2.31. The van der Waals surface area contributed by atoms with E-state index in [1.54, 1.807) is 12.1 Å². The molecule has 0 spiro atoms. The number of piperidine rings is 1. The SMILES string of the molecule is CCOc1ccc(C(=O)NCC2CCCNC2)cc1.Cl. The van der Waals surface area contributed by atoms with Crippen molar-refractivity contribution in [2.45, 2.75) is 19.8 Å². The average Bonchev–Trinajstić information content (AvgIpc) is 2.47. The largest absolute Gasteiger partial charge is 0.494 e. The van der Waals surface area contributed by atoms with Crippen LogP contribution in [0.4, 0.5) is 0 Å². The summed E-state index contributed by atoms with van der Waals surface area (Å²) in [7, 11) is 0. The first-order valence-corrected chi connectivity index (χ1v) is 7.01. The van der Waals surface area contributed by atoms with Gasteiger partial charge in [-0.05, 0) is 63.0 Å². The maximum absolute atomic E-state index is 12.0. The molecule has 2 N–H and O–H groups in total. The molecule has 0 radical (unpaired) electrons. The summed E-state index contributed by atoms with van der Waals surface area (Å²) in [6.45, 7) is 5.44. The fraction of sp³-hybridized carbons (Fsp3) is 0.533. The standard InChI is InChI=1S/C15H22N2O2.ClH/c1-2-19-14-7-5-13(6-8-14)15(18)17-11-12-4-3-9-16-10-12;/h5-8,12,16H,2-4,9-11H2,1H3,(H,17,18);1H. The molecule has 0 bridgehead atoms. The maximum atomic E-state index is 12.0. The van der Waals surface area contributed by atoms with Gasteiger partial charge in [0.05, 0.1) is 6.61 Å². The molecular formula is C15H23ClN2O2. The molecule has 1 aliphatic heterocycles. The summed E-state index contributed by atoms with van der Waals surface area (Å²) in [4.78, 5) is 12.0. The zero-order valence-corrected chi connectivity index (χ0v) is 12.7. The summed E-state index contributed by atoms with van der Waals surface area (Å²) in [5.41, 5.74) is 0.687. The van der Waals surface area contributed by atoms with Crippen LogP contribution in [-0.4, -0.2) is 32.1 Å². The van der Waals surface area contributed by atoms with Crippen LogP contribution in [-0.2, 0) is 0 Å². The van der Waals surface area contributed by atoms with E-state index < -0.39 is 0 Å². The Morgan fingerprint density at radius 1 is 1.40 bits per heavy atom. The number of hydrogen-bond acceptors (Lipinski definition) is 3. The van der Waals surface area contributed by atoms with E-state index in [0.29, 0.717) is 18.1 Å². The van der Waals surface area contributed by atoms with E-state index in [2.05, 4.69) is 10.6 Å². The molecule has 112 valence electrons. The topological polar surface area (TPSA) is 50.4 Å². The third kappa shape index (κ3) is 5.02. The number of carbonyl (C=O) groups is 1. The lowest BCUT2D eigenvalue weighted by Crippen LogP contribution is -2.38. The van der Waals surface area contributed by atoms with Gasteiger partial charge in [0.2, 0.25) is 0 Å². The van der Waals surface area contributed by atoms with Gasteiger partial charge >= 0.3 is 0 Å². The molecular weight excluding hydrogens is 276 g/mol. The Labute approximate surface area is 126 Å². The number of nitrogens with one attached hydrogen (secondary N) is 2. The number of rotatable bonds is 5. The Morgan fingerprint density at radius 3 is 2.75 bits per heavy atom. The number of halogens is 1. The van der Waals surface area contributed by atoms with Crippen LogP contribution in [0, 0.1) is 5.92 Å². The lowest BCUT2D eigenvalue weighted by molar-refractivity contribution is 0.0945. The molecule has 0 saturated carbocycles. The highest BCUT2D eigenvalue weighted by molar-refractivity contribution is 5.94. The molecule has 1 aromatic carbocycles. The van der Waals surface area contributed by atoms with Gasteiger partial charge in [0.25, 0.3) is 5.91 Å². The molecule has 1 atom stereocenters. The normalized spacial score (nSPS) is 17.9. The summed E-state index contributed by atoms with van der Waals surface area (Å²) in [6, 6.07) is 7.28. The fourth-order valence-corrected chi connectivity index (χ4v) is 2.31. The zero-order chi connectivity index (χ0) is 13.5. The molecule has 1 aliphatic rings. The number of ether oxygens (including phenoxy) is 1. The van der Waals surface area contributed by atoms with Crippen molar-refractivity contribution in [2.75, 3.05) is 26.2 Å². The van der Waals surface area contributed by atoms with Crippen LogP contribution in [0.3, 0.4) is 0 Å². The summed E-state index contributed by atoms with van der Waals surface area (Å²) in [5.74, 6) is 1.35. The first-order chi connectivity index (χ1) is 9.29. The van der Waals surface area contributed by atoms with Crippen molar-refractivity contribution in [1.29, 1.82) is 0 Å². The first-order valence-electron chi connectivity index (χ1n) is 7.01. The lowest BCUT2D eigenvalue weighted by atomic mass is 10.00. The second-order valence-corrected chi connectivity index (χ2v) is 4.88. The molecule has 1 fully saturated rings. The van der Waals surface area contributed by atoms with Crippen LogP contribution in [0.15, 0.2) is 24.3 Å². The Hall–Kier alpha value is -1.26. The third-order valence-corrected chi connectivity index (χ3v) is 3.38. The summed E-state index contributed by atoms with van der Waals surface area (Å²) in [5, 5.41) is 6.35. The predicted octanol–water partition coefficient (Wildman–Crippen LogP) is 2.24. The number of amides is 1. The van der Waals surface area contributed by atoms with Crippen molar-refractivity contribution in [1.82, 2.24) is 10.6 Å². The van der Waals surface area contributed by atoms with Gasteiger partial charge in [0.15, 0.2) is 0 Å². The van der Waals surface area contributed by atoms with Crippen LogP contribution >= 0.6 is 12.4 Å². The first kappa shape index (κ1) is 16.8. The van der Waals surface area contributed by atoms with Crippen LogP contribution in [0.5, 0.6) is 5.75 Å². The molecule has 1 unspecified atom stereocenters. The minimum Gasteiger partial charge on any atom is -0.494 e. The van der Waals surface area contributed by atoms with E-state index in [1.807, 2.05) is 19.1 Å². The molecule has 1 heterocycles. The van der Waals surface area contributed by atoms with Gasteiger partial charge in [-0.25, -0.2) is 0 Å². The predicted molar refractivity (Wildman–Crippen MR) is 82.8 cm³/mol. The van der Waals surface area contributed by atoms with Crippen molar-refractivity contribution < 1.29 is 9.53 Å². The van der Waals surface area contributed by atoms with E-state index >= 15 is 0 Å². The highest BCUT2D eigenvalue weighted by Gasteiger charge is 2.14. The third-order valence-electron chi connectivity index (χ3n) is 3.38. The average molecular weight is 299 g/mol. The van der Waals surface area contributed by atoms with E-state index in [9.17, 15) is 4.79 Å². The molecule has 1 saturated heterocycles. The number of benzene rings is 1. The van der Waals surface area contributed by atoms with Crippen molar-refractivity contribution in [3.05, 3.63) is 29.8 Å². The van der Waals surface area contributed by atoms with Crippen molar-refractivity contribution in [3.63, 3.8) is 0 Å². The van der Waals surface area contributed by atoms with Gasteiger partial charge in [-0.3, -0.25) is 4.79 Å². The van der Waals surface area contributed by atoms with Crippen molar-refractivity contribution in [2.24, 2.45) is 5.92 Å². The zero-order valence-electron chi connectivity index (χ0n) is 11.9. The molecule has 0 aliphatic carbocycles. The quantitative estimate of drug-likeness (QED) is 0.876. The van der Waals surface area contributed by atoms with E-state index in [0.717, 1.165) is 25.4 Å². The summed E-state index contributed by atoms with van der Waals surface area (Å²) in [6.07, 6.45) is 2.39. The van der Waals surface area contributed by atoms with Gasteiger partial charge in [-0.15, -0.1) is 12.4 Å². The highest BCUT2D eigenvalue weighted by Crippen LogP contribution is 2.12. The van der Waals surface area contributed by atoms with E-state index in [-0.39, 0.29) is 18.3 Å². The summed E-state index contributed by atoms with van der Waals surface area (Å²) >= 11 is 0. The van der Waals surface area contributed by atoms with Gasteiger partial charge < -0.3 is 15.4 Å². The lowest BCUT2D eigenvalue weighted by Gasteiger charge is -2.22. The minimum atomic E-state index is -0.00591. The molecule has 1 amide bonds. The van der Waals surface area contributed by atoms with E-state index in [1.165, 1.54) is 12.8 Å².